The van der Waals surface area contributed by atoms with Crippen LogP contribution in [0.2, 0.25) is 0 Å². The largest absolute Gasteiger partial charge is 0.313 e. The van der Waals surface area contributed by atoms with Crippen molar-refractivity contribution >= 4 is 11.8 Å². The minimum Gasteiger partial charge on any atom is -0.313 e. The van der Waals surface area contributed by atoms with Crippen molar-refractivity contribution in [1.82, 2.24) is 20.1 Å². The molecule has 1 fully saturated rings. The fraction of sp³-hybridized carbons (Fsp3) is 0.867. The molecular weight excluding hydrogens is 268 g/mol. The molecule has 0 spiro atoms. The number of nitrogens with one attached hydrogen (secondary N) is 1. The van der Waals surface area contributed by atoms with Gasteiger partial charge in [0, 0.05) is 18.8 Å². The summed E-state index contributed by atoms with van der Waals surface area (Å²) in [5, 5.41) is 13.2. The lowest BCUT2D eigenvalue weighted by molar-refractivity contribution is 0.285. The van der Waals surface area contributed by atoms with Gasteiger partial charge in [-0.1, -0.05) is 37.9 Å². The van der Waals surface area contributed by atoms with E-state index < -0.39 is 0 Å². The molecule has 0 aliphatic heterocycles. The fourth-order valence-electron chi connectivity index (χ4n) is 2.91. The molecule has 114 valence electrons. The maximum absolute atomic E-state index is 4.26. The lowest BCUT2D eigenvalue weighted by Gasteiger charge is -2.30. The van der Waals surface area contributed by atoms with Crippen LogP contribution in [0.1, 0.15) is 51.3 Å². The third kappa shape index (κ3) is 4.22. The molecule has 1 unspecified atom stereocenters. The molecule has 1 atom stereocenters. The third-order valence-corrected chi connectivity index (χ3v) is 5.46. The van der Waals surface area contributed by atoms with E-state index in [0.717, 1.165) is 29.2 Å². The smallest absolute Gasteiger partial charge is 0.190 e. The Balaban J connectivity index is 1.90. The molecule has 2 rings (SSSR count). The predicted octanol–water partition coefficient (Wildman–Crippen LogP) is 3.16. The second-order valence-corrected chi connectivity index (χ2v) is 6.85. The molecule has 1 aliphatic rings. The van der Waals surface area contributed by atoms with E-state index in [-0.39, 0.29) is 0 Å². The van der Waals surface area contributed by atoms with Gasteiger partial charge in [-0.15, -0.1) is 10.2 Å². The van der Waals surface area contributed by atoms with Crippen LogP contribution >= 0.6 is 11.8 Å². The molecule has 0 radical (unpaired) electrons. The number of aryl methyl sites for hydroxylation is 1. The quantitative estimate of drug-likeness (QED) is 0.785. The Labute approximate surface area is 127 Å². The molecule has 20 heavy (non-hydrogen) atoms. The summed E-state index contributed by atoms with van der Waals surface area (Å²) in [6, 6.07) is 0.622. The predicted molar refractivity (Wildman–Crippen MR) is 85.1 cm³/mol. The molecular formula is C15H28N4S. The molecule has 1 saturated carbocycles. The summed E-state index contributed by atoms with van der Waals surface area (Å²) in [6.07, 6.45) is 8.22. The van der Waals surface area contributed by atoms with E-state index >= 15 is 0 Å². The maximum Gasteiger partial charge on any atom is 0.190 e. The van der Waals surface area contributed by atoms with E-state index in [4.69, 9.17) is 0 Å². The lowest BCUT2D eigenvalue weighted by Crippen LogP contribution is -2.39. The second kappa shape index (κ2) is 8.03. The van der Waals surface area contributed by atoms with Gasteiger partial charge in [0.2, 0.25) is 0 Å². The van der Waals surface area contributed by atoms with Gasteiger partial charge in [0.25, 0.3) is 0 Å². The van der Waals surface area contributed by atoms with Gasteiger partial charge in [0.15, 0.2) is 5.16 Å². The van der Waals surface area contributed by atoms with Gasteiger partial charge in [-0.25, -0.2) is 0 Å². The first-order valence-corrected chi connectivity index (χ1v) is 8.93. The topological polar surface area (TPSA) is 42.7 Å². The molecule has 0 bridgehead atoms. The van der Waals surface area contributed by atoms with Gasteiger partial charge in [0.05, 0.1) is 0 Å². The van der Waals surface area contributed by atoms with Crippen LogP contribution in [0, 0.1) is 12.8 Å². The van der Waals surface area contributed by atoms with Gasteiger partial charge in [0.1, 0.15) is 5.82 Å². The van der Waals surface area contributed by atoms with Crippen LogP contribution in [0.3, 0.4) is 0 Å². The van der Waals surface area contributed by atoms with Crippen molar-refractivity contribution in [2.75, 3.05) is 12.3 Å². The fourth-order valence-corrected chi connectivity index (χ4v) is 4.05. The van der Waals surface area contributed by atoms with E-state index in [1.165, 1.54) is 38.5 Å². The molecule has 1 aliphatic carbocycles. The van der Waals surface area contributed by atoms with Gasteiger partial charge in [-0.05, 0) is 38.6 Å². The van der Waals surface area contributed by atoms with Crippen molar-refractivity contribution in [3.05, 3.63) is 5.82 Å². The number of rotatable bonds is 7. The van der Waals surface area contributed by atoms with Crippen LogP contribution in [-0.2, 0) is 7.05 Å². The summed E-state index contributed by atoms with van der Waals surface area (Å²) in [4.78, 5) is 0. The maximum atomic E-state index is 4.26. The van der Waals surface area contributed by atoms with E-state index in [0.29, 0.717) is 6.04 Å². The number of thioether (sulfide) groups is 1. The third-order valence-electron chi connectivity index (χ3n) is 4.32. The SMILES string of the molecule is CCCNC(CSc1nnc(C)n1C)C1CCCCC1. The molecule has 5 heteroatoms. The minimum atomic E-state index is 0.622. The molecule has 0 amide bonds. The second-order valence-electron chi connectivity index (χ2n) is 5.86. The number of hydrogen-bond acceptors (Lipinski definition) is 4. The summed E-state index contributed by atoms with van der Waals surface area (Å²) in [5.41, 5.74) is 0. The normalized spacial score (nSPS) is 18.4. The Kier molecular flexibility index (Phi) is 6.36. The Hall–Kier alpha value is -0.550. The van der Waals surface area contributed by atoms with Crippen molar-refractivity contribution in [1.29, 1.82) is 0 Å². The van der Waals surface area contributed by atoms with Crippen molar-refractivity contribution < 1.29 is 0 Å². The van der Waals surface area contributed by atoms with Crippen LogP contribution in [0.5, 0.6) is 0 Å². The summed E-state index contributed by atoms with van der Waals surface area (Å²) in [5.74, 6) is 2.94. The number of nitrogens with zero attached hydrogens (tertiary/aromatic N) is 3. The zero-order valence-corrected chi connectivity index (χ0v) is 13.9. The Morgan fingerprint density at radius 2 is 2.05 bits per heavy atom. The average Bonchev–Trinajstić information content (AvgIpc) is 2.80. The monoisotopic (exact) mass is 296 g/mol. The number of hydrogen-bond donors (Lipinski definition) is 1. The van der Waals surface area contributed by atoms with Crippen molar-refractivity contribution in [2.24, 2.45) is 13.0 Å². The van der Waals surface area contributed by atoms with Crippen molar-refractivity contribution in [3.8, 4) is 0 Å². The van der Waals surface area contributed by atoms with Gasteiger partial charge < -0.3 is 9.88 Å². The first-order chi connectivity index (χ1) is 9.72. The molecule has 1 aromatic heterocycles. The summed E-state index contributed by atoms with van der Waals surface area (Å²) in [7, 11) is 2.05. The standard InChI is InChI=1S/C15H28N4S/c1-4-10-16-14(13-8-6-5-7-9-13)11-20-15-18-17-12(2)19(15)3/h13-14,16H,4-11H2,1-3H3. The zero-order valence-electron chi connectivity index (χ0n) is 13.1. The Bertz CT molecular complexity index is 399. The Morgan fingerprint density at radius 1 is 1.30 bits per heavy atom. The summed E-state index contributed by atoms with van der Waals surface area (Å²) in [6.45, 7) is 5.37. The van der Waals surface area contributed by atoms with Crippen LogP contribution in [0.25, 0.3) is 0 Å². The van der Waals surface area contributed by atoms with Gasteiger partial charge in [-0.3, -0.25) is 0 Å². The minimum absolute atomic E-state index is 0.622. The van der Waals surface area contributed by atoms with E-state index in [9.17, 15) is 0 Å². The van der Waals surface area contributed by atoms with Crippen LogP contribution in [0.4, 0.5) is 0 Å². The Morgan fingerprint density at radius 3 is 2.65 bits per heavy atom. The molecule has 0 aromatic carbocycles. The highest BCUT2D eigenvalue weighted by molar-refractivity contribution is 7.99. The van der Waals surface area contributed by atoms with E-state index in [2.05, 4.69) is 27.0 Å². The molecule has 0 saturated heterocycles. The highest BCUT2D eigenvalue weighted by Gasteiger charge is 2.23. The average molecular weight is 296 g/mol. The van der Waals surface area contributed by atoms with E-state index in [1.54, 1.807) is 0 Å². The number of aromatic nitrogens is 3. The van der Waals surface area contributed by atoms with E-state index in [1.807, 2.05) is 25.7 Å². The summed E-state index contributed by atoms with van der Waals surface area (Å²) < 4.78 is 2.09. The molecule has 1 heterocycles. The van der Waals surface area contributed by atoms with Gasteiger partial charge in [-0.2, -0.15) is 0 Å². The highest BCUT2D eigenvalue weighted by atomic mass is 32.2. The van der Waals surface area contributed by atoms with Crippen LogP contribution < -0.4 is 5.32 Å². The van der Waals surface area contributed by atoms with Gasteiger partial charge >= 0.3 is 0 Å². The zero-order chi connectivity index (χ0) is 14.4. The lowest BCUT2D eigenvalue weighted by atomic mass is 9.84. The summed E-state index contributed by atoms with van der Waals surface area (Å²) >= 11 is 1.85. The van der Waals surface area contributed by atoms with Crippen LogP contribution in [0.15, 0.2) is 5.16 Å². The molecule has 1 N–H and O–H groups in total. The molecule has 1 aromatic rings. The van der Waals surface area contributed by atoms with Crippen LogP contribution in [-0.4, -0.2) is 33.1 Å². The first-order valence-electron chi connectivity index (χ1n) is 7.94. The highest BCUT2D eigenvalue weighted by Crippen LogP contribution is 2.29. The van der Waals surface area contributed by atoms with Crippen molar-refractivity contribution in [3.63, 3.8) is 0 Å². The molecule has 4 nitrogen and oxygen atoms in total. The van der Waals surface area contributed by atoms with Crippen molar-refractivity contribution in [2.45, 2.75) is 63.6 Å². The first kappa shape index (κ1) is 15.8.